The molecule has 162 valence electrons. The van der Waals surface area contributed by atoms with E-state index in [0.29, 0.717) is 6.04 Å². The summed E-state index contributed by atoms with van der Waals surface area (Å²) >= 11 is 0. The number of hydrogen-bond acceptors (Lipinski definition) is 2. The van der Waals surface area contributed by atoms with Crippen LogP contribution in [-0.2, 0) is 12.7 Å². The Kier molecular flexibility index (Phi) is 6.33. The molecule has 1 saturated heterocycles. The van der Waals surface area contributed by atoms with E-state index in [9.17, 15) is 13.2 Å². The number of anilines is 1. The highest BCUT2D eigenvalue weighted by Crippen LogP contribution is 2.32. The average Bonchev–Trinajstić information content (AvgIpc) is 2.79. The van der Waals surface area contributed by atoms with E-state index >= 15 is 0 Å². The molecular formula is C26H27F3N2. The van der Waals surface area contributed by atoms with Gasteiger partial charge in [0, 0.05) is 38.4 Å². The highest BCUT2D eigenvalue weighted by atomic mass is 19.4. The molecule has 3 aromatic rings. The molecule has 0 amide bonds. The third kappa shape index (κ3) is 5.28. The largest absolute Gasteiger partial charge is 0.416 e. The summed E-state index contributed by atoms with van der Waals surface area (Å²) in [4.78, 5) is 4.84. The summed E-state index contributed by atoms with van der Waals surface area (Å²) in [5, 5.41) is 0. The normalized spacial score (nSPS) is 15.7. The molecule has 0 aliphatic carbocycles. The predicted octanol–water partition coefficient (Wildman–Crippen LogP) is 6.47. The van der Waals surface area contributed by atoms with Gasteiger partial charge in [0.2, 0.25) is 0 Å². The van der Waals surface area contributed by atoms with Crippen molar-refractivity contribution in [3.05, 3.63) is 90.0 Å². The van der Waals surface area contributed by atoms with E-state index in [4.69, 9.17) is 0 Å². The Labute approximate surface area is 181 Å². The molecule has 0 saturated carbocycles. The lowest BCUT2D eigenvalue weighted by molar-refractivity contribution is -0.137. The van der Waals surface area contributed by atoms with Crippen LogP contribution in [0.2, 0.25) is 0 Å². The van der Waals surface area contributed by atoms with Crippen LogP contribution in [0.25, 0.3) is 11.1 Å². The maximum atomic E-state index is 12.8. The Bertz CT molecular complexity index is 958. The van der Waals surface area contributed by atoms with E-state index in [0.717, 1.165) is 61.4 Å². The molecule has 1 fully saturated rings. The average molecular weight is 425 g/mol. The highest BCUT2D eigenvalue weighted by Gasteiger charge is 2.30. The van der Waals surface area contributed by atoms with Gasteiger partial charge in [0.25, 0.3) is 0 Å². The van der Waals surface area contributed by atoms with Crippen molar-refractivity contribution >= 4 is 5.69 Å². The molecule has 4 rings (SSSR count). The molecule has 0 aromatic heterocycles. The summed E-state index contributed by atoms with van der Waals surface area (Å²) in [6.45, 7) is 3.15. The Hall–Kier alpha value is -2.79. The third-order valence-electron chi connectivity index (χ3n) is 6.17. The molecule has 0 spiro atoms. The van der Waals surface area contributed by atoms with Gasteiger partial charge in [-0.2, -0.15) is 13.2 Å². The number of nitrogens with zero attached hydrogens (tertiary/aromatic N) is 2. The molecular weight excluding hydrogens is 397 g/mol. The summed E-state index contributed by atoms with van der Waals surface area (Å²) in [6, 6.07) is 24.5. The predicted molar refractivity (Wildman–Crippen MR) is 120 cm³/mol. The summed E-state index contributed by atoms with van der Waals surface area (Å²) in [5.41, 5.74) is 3.58. The van der Waals surface area contributed by atoms with E-state index < -0.39 is 11.7 Å². The Morgan fingerprint density at radius 3 is 1.90 bits per heavy atom. The molecule has 1 aliphatic rings. The van der Waals surface area contributed by atoms with Crippen molar-refractivity contribution in [2.45, 2.75) is 31.6 Å². The second-order valence-electron chi connectivity index (χ2n) is 8.23. The first-order valence-electron chi connectivity index (χ1n) is 10.7. The summed E-state index contributed by atoms with van der Waals surface area (Å²) < 4.78 is 38.3. The second kappa shape index (κ2) is 9.15. The van der Waals surface area contributed by atoms with Crippen molar-refractivity contribution in [2.75, 3.05) is 25.0 Å². The van der Waals surface area contributed by atoms with Crippen molar-refractivity contribution in [1.82, 2.24) is 4.90 Å². The number of likely N-dealkylation sites (tertiary alicyclic amines) is 1. The lowest BCUT2D eigenvalue weighted by atomic mass is 10.0. The molecule has 0 unspecified atom stereocenters. The molecule has 0 radical (unpaired) electrons. The number of alkyl halides is 3. The first-order valence-corrected chi connectivity index (χ1v) is 10.7. The topological polar surface area (TPSA) is 6.48 Å². The van der Waals surface area contributed by atoms with Crippen LogP contribution < -0.4 is 4.90 Å². The molecule has 0 bridgehead atoms. The summed E-state index contributed by atoms with van der Waals surface area (Å²) in [5.74, 6) is 0. The van der Waals surface area contributed by atoms with Crippen LogP contribution in [0.3, 0.4) is 0 Å². The number of halogens is 3. The molecule has 0 atom stereocenters. The van der Waals surface area contributed by atoms with Crippen molar-refractivity contribution in [2.24, 2.45) is 0 Å². The van der Waals surface area contributed by atoms with E-state index in [1.807, 2.05) is 18.2 Å². The smallest absolute Gasteiger partial charge is 0.372 e. The minimum absolute atomic E-state index is 0.490. The molecule has 3 aromatic carbocycles. The van der Waals surface area contributed by atoms with Crippen molar-refractivity contribution < 1.29 is 13.2 Å². The Balaban J connectivity index is 1.35. The molecule has 31 heavy (non-hydrogen) atoms. The minimum Gasteiger partial charge on any atom is -0.372 e. The van der Waals surface area contributed by atoms with Gasteiger partial charge in [-0.15, -0.1) is 0 Å². The fraction of sp³-hybridized carbons (Fsp3) is 0.308. The van der Waals surface area contributed by atoms with Gasteiger partial charge >= 0.3 is 6.18 Å². The maximum absolute atomic E-state index is 12.8. The molecule has 0 N–H and O–H groups in total. The second-order valence-corrected chi connectivity index (χ2v) is 8.23. The first-order chi connectivity index (χ1) is 14.9. The standard InChI is InChI=1S/C26H27F3N2/c1-30(25-15-17-31(18-16-25)19-20-5-3-2-4-6-20)24-13-9-22(10-14-24)21-7-11-23(12-8-21)26(27,28)29/h2-14,25H,15-19H2,1H3. The van der Waals surface area contributed by atoms with Gasteiger partial charge in [-0.1, -0.05) is 54.6 Å². The zero-order valence-electron chi connectivity index (χ0n) is 17.6. The lowest BCUT2D eigenvalue weighted by Gasteiger charge is -2.38. The SMILES string of the molecule is CN(c1ccc(-c2ccc(C(F)(F)F)cc2)cc1)C1CCN(Cc2ccccc2)CC1. The van der Waals surface area contributed by atoms with Crippen LogP contribution >= 0.6 is 0 Å². The Morgan fingerprint density at radius 1 is 0.806 bits per heavy atom. The number of rotatable bonds is 5. The van der Waals surface area contributed by atoms with Gasteiger partial charge in [-0.05, 0) is 53.8 Å². The van der Waals surface area contributed by atoms with Gasteiger partial charge in [0.05, 0.1) is 5.56 Å². The van der Waals surface area contributed by atoms with E-state index in [1.54, 1.807) is 0 Å². The number of piperidine rings is 1. The number of benzene rings is 3. The zero-order valence-corrected chi connectivity index (χ0v) is 17.6. The van der Waals surface area contributed by atoms with Crippen molar-refractivity contribution in [3.63, 3.8) is 0 Å². The maximum Gasteiger partial charge on any atom is 0.416 e. The summed E-state index contributed by atoms with van der Waals surface area (Å²) in [6.07, 6.45) is -2.07. The van der Waals surface area contributed by atoms with Gasteiger partial charge in [-0.25, -0.2) is 0 Å². The molecule has 5 heteroatoms. The third-order valence-corrected chi connectivity index (χ3v) is 6.17. The molecule has 1 aliphatic heterocycles. The minimum atomic E-state index is -4.30. The fourth-order valence-electron chi connectivity index (χ4n) is 4.26. The van der Waals surface area contributed by atoms with E-state index in [1.165, 1.54) is 17.7 Å². The van der Waals surface area contributed by atoms with Crippen molar-refractivity contribution in [3.8, 4) is 11.1 Å². The Morgan fingerprint density at radius 2 is 1.35 bits per heavy atom. The monoisotopic (exact) mass is 424 g/mol. The van der Waals surface area contributed by atoms with E-state index in [2.05, 4.69) is 53.2 Å². The van der Waals surface area contributed by atoms with Crippen LogP contribution in [0.15, 0.2) is 78.9 Å². The van der Waals surface area contributed by atoms with Crippen LogP contribution in [0.1, 0.15) is 24.0 Å². The zero-order chi connectivity index (χ0) is 21.8. The van der Waals surface area contributed by atoms with Crippen LogP contribution in [0, 0.1) is 0 Å². The van der Waals surface area contributed by atoms with Gasteiger partial charge in [0.1, 0.15) is 0 Å². The summed E-state index contributed by atoms with van der Waals surface area (Å²) in [7, 11) is 2.13. The van der Waals surface area contributed by atoms with Crippen LogP contribution in [-0.4, -0.2) is 31.1 Å². The fourth-order valence-corrected chi connectivity index (χ4v) is 4.26. The molecule has 2 nitrogen and oxygen atoms in total. The van der Waals surface area contributed by atoms with Crippen LogP contribution in [0.4, 0.5) is 18.9 Å². The van der Waals surface area contributed by atoms with Crippen LogP contribution in [0.5, 0.6) is 0 Å². The van der Waals surface area contributed by atoms with Gasteiger partial charge in [-0.3, -0.25) is 4.90 Å². The van der Waals surface area contributed by atoms with Gasteiger partial charge in [0.15, 0.2) is 0 Å². The highest BCUT2D eigenvalue weighted by molar-refractivity contribution is 5.66. The molecule has 1 heterocycles. The lowest BCUT2D eigenvalue weighted by Crippen LogP contribution is -2.43. The number of hydrogen-bond donors (Lipinski definition) is 0. The quantitative estimate of drug-likeness (QED) is 0.463. The van der Waals surface area contributed by atoms with E-state index in [-0.39, 0.29) is 0 Å². The van der Waals surface area contributed by atoms with Gasteiger partial charge < -0.3 is 4.90 Å². The van der Waals surface area contributed by atoms with Crippen molar-refractivity contribution in [1.29, 1.82) is 0 Å². The first kappa shape index (κ1) is 21.4.